The predicted octanol–water partition coefficient (Wildman–Crippen LogP) is 6.88. The van der Waals surface area contributed by atoms with Crippen molar-refractivity contribution in [1.29, 1.82) is 0 Å². The Morgan fingerprint density at radius 3 is 0.917 bits per heavy atom. The maximum Gasteiger partial charge on any atom is 0.161 e. The molecule has 0 aliphatic heterocycles. The van der Waals surface area contributed by atoms with E-state index in [1.807, 2.05) is 34.6 Å². The van der Waals surface area contributed by atoms with Crippen LogP contribution in [-0.4, -0.2) is 38.5 Å². The second-order valence-corrected chi connectivity index (χ2v) is 8.21. The van der Waals surface area contributed by atoms with Gasteiger partial charge < -0.3 is 29.2 Å². The largest absolute Gasteiger partial charge is 0.494 e. The highest BCUT2D eigenvalue weighted by molar-refractivity contribution is 6.26. The Morgan fingerprint density at radius 1 is 0.389 bits per heavy atom. The van der Waals surface area contributed by atoms with Crippen LogP contribution in [0.2, 0.25) is 0 Å². The summed E-state index contributed by atoms with van der Waals surface area (Å²) in [4.78, 5) is 0. The monoisotopic (exact) mass is 494 g/mol. The number of rotatable bonds is 11. The lowest BCUT2D eigenvalue weighted by Crippen LogP contribution is -2.01. The molecule has 4 rings (SSSR count). The average Bonchev–Trinajstić information content (AvgIpc) is 2.86. The fraction of sp³-hybridized carbons (Fsp3) is 0.400. The molecule has 4 aromatic rings. The zero-order chi connectivity index (χ0) is 24.9. The van der Waals surface area contributed by atoms with E-state index in [1.54, 1.807) is 0 Å². The van der Waals surface area contributed by atoms with E-state index in [4.69, 9.17) is 23.7 Å². The van der Waals surface area contributed by atoms with Gasteiger partial charge in [-0.05, 0) is 115 Å². The summed E-state index contributed by atoms with van der Waals surface area (Å²) in [5, 5.41) is 6.65. The molecule has 0 saturated carbocycles. The van der Waals surface area contributed by atoms with Gasteiger partial charge in [-0.1, -0.05) is 6.92 Å². The molecule has 6 nitrogen and oxygen atoms in total. The molecule has 0 unspecified atom stereocenters. The molecule has 0 atom stereocenters. The lowest BCUT2D eigenvalue weighted by atomic mass is 9.91. The van der Waals surface area contributed by atoms with Gasteiger partial charge in [-0.2, -0.15) is 0 Å². The first-order valence-electron chi connectivity index (χ1n) is 12.8. The number of hydrogen-bond acceptors (Lipinski definition) is 5. The van der Waals surface area contributed by atoms with Gasteiger partial charge in [0.2, 0.25) is 0 Å². The minimum atomic E-state index is 0. The van der Waals surface area contributed by atoms with E-state index in [0.29, 0.717) is 33.0 Å². The second kappa shape index (κ2) is 12.0. The van der Waals surface area contributed by atoms with Gasteiger partial charge in [-0.15, -0.1) is 0 Å². The normalized spacial score (nSPS) is 10.9. The molecule has 194 valence electrons. The summed E-state index contributed by atoms with van der Waals surface area (Å²) in [6.07, 6.45) is 0.883. The zero-order valence-corrected chi connectivity index (χ0v) is 22.2. The van der Waals surface area contributed by atoms with Crippen molar-refractivity contribution in [3.8, 4) is 28.7 Å². The summed E-state index contributed by atoms with van der Waals surface area (Å²) in [6, 6.07) is 12.8. The smallest absolute Gasteiger partial charge is 0.161 e. The van der Waals surface area contributed by atoms with Crippen LogP contribution in [0.3, 0.4) is 0 Å². The Hall–Kier alpha value is -3.38. The minimum absolute atomic E-state index is 0. The fourth-order valence-electron chi connectivity index (χ4n) is 4.72. The highest BCUT2D eigenvalue weighted by atomic mass is 16.5. The van der Waals surface area contributed by atoms with Crippen LogP contribution in [-0.2, 0) is 6.42 Å². The quantitative estimate of drug-likeness (QED) is 0.212. The highest BCUT2D eigenvalue weighted by Gasteiger charge is 2.19. The van der Waals surface area contributed by atoms with E-state index < -0.39 is 0 Å². The van der Waals surface area contributed by atoms with Crippen LogP contribution in [0.25, 0.3) is 32.3 Å². The van der Waals surface area contributed by atoms with E-state index in [-0.39, 0.29) is 5.48 Å². The first-order valence-corrected chi connectivity index (χ1v) is 12.8. The molecule has 0 fully saturated rings. The van der Waals surface area contributed by atoms with Crippen molar-refractivity contribution < 1.29 is 29.2 Å². The lowest BCUT2D eigenvalue weighted by molar-refractivity contribution is 0.288. The molecule has 0 saturated heterocycles. The summed E-state index contributed by atoms with van der Waals surface area (Å²) >= 11 is 0. The van der Waals surface area contributed by atoms with Crippen molar-refractivity contribution >= 4 is 32.3 Å². The molecular formula is C30H38O6. The summed E-state index contributed by atoms with van der Waals surface area (Å²) in [7, 11) is 0. The van der Waals surface area contributed by atoms with E-state index in [9.17, 15) is 0 Å². The van der Waals surface area contributed by atoms with Crippen LogP contribution < -0.4 is 23.7 Å². The molecule has 6 heteroatoms. The Balaban J connectivity index is 0.00000361. The van der Waals surface area contributed by atoms with E-state index >= 15 is 0 Å². The van der Waals surface area contributed by atoms with Crippen molar-refractivity contribution in [2.45, 2.75) is 48.0 Å². The summed E-state index contributed by atoms with van der Waals surface area (Å²) in [5.74, 6) is 3.91. The number of ether oxygens (including phenoxy) is 5. The van der Waals surface area contributed by atoms with E-state index in [2.05, 4.69) is 43.3 Å². The summed E-state index contributed by atoms with van der Waals surface area (Å²) < 4.78 is 30.0. The Labute approximate surface area is 213 Å². The fourth-order valence-corrected chi connectivity index (χ4v) is 4.72. The predicted molar refractivity (Wildman–Crippen MR) is 148 cm³/mol. The van der Waals surface area contributed by atoms with Crippen molar-refractivity contribution in [2.75, 3.05) is 33.0 Å². The van der Waals surface area contributed by atoms with Gasteiger partial charge in [-0.3, -0.25) is 0 Å². The molecule has 0 radical (unpaired) electrons. The molecule has 0 amide bonds. The first kappa shape index (κ1) is 27.2. The van der Waals surface area contributed by atoms with Crippen LogP contribution in [0, 0.1) is 0 Å². The SMILES string of the molecule is CCOc1cc2c(cc1CC)c1cc(OCC)c(OCC)cc1c1cc(OCC)c(OCC)cc21.O. The van der Waals surface area contributed by atoms with Crippen molar-refractivity contribution in [2.24, 2.45) is 0 Å². The third kappa shape index (κ3) is 4.96. The maximum absolute atomic E-state index is 6.05. The van der Waals surface area contributed by atoms with Crippen LogP contribution in [0.4, 0.5) is 0 Å². The molecule has 0 aromatic heterocycles. The topological polar surface area (TPSA) is 77.7 Å². The average molecular weight is 495 g/mol. The summed E-state index contributed by atoms with van der Waals surface area (Å²) in [5.41, 5.74) is 1.18. The molecule has 2 N–H and O–H groups in total. The van der Waals surface area contributed by atoms with Crippen LogP contribution in [0.5, 0.6) is 28.7 Å². The number of benzene rings is 4. The molecule has 4 aromatic carbocycles. The molecule has 0 aliphatic carbocycles. The van der Waals surface area contributed by atoms with Crippen LogP contribution >= 0.6 is 0 Å². The van der Waals surface area contributed by atoms with Crippen molar-refractivity contribution in [3.05, 3.63) is 42.0 Å². The van der Waals surface area contributed by atoms with E-state index in [0.717, 1.165) is 67.5 Å². The number of aryl methyl sites for hydroxylation is 1. The third-order valence-corrected chi connectivity index (χ3v) is 6.12. The molecule has 0 heterocycles. The van der Waals surface area contributed by atoms with Gasteiger partial charge in [0.25, 0.3) is 0 Å². The van der Waals surface area contributed by atoms with Crippen LogP contribution in [0.15, 0.2) is 36.4 Å². The molecule has 0 spiro atoms. The van der Waals surface area contributed by atoms with E-state index in [1.165, 1.54) is 5.56 Å². The van der Waals surface area contributed by atoms with Gasteiger partial charge in [0.15, 0.2) is 23.0 Å². The highest BCUT2D eigenvalue weighted by Crippen LogP contribution is 2.45. The van der Waals surface area contributed by atoms with Crippen molar-refractivity contribution in [3.63, 3.8) is 0 Å². The van der Waals surface area contributed by atoms with Gasteiger partial charge in [-0.25, -0.2) is 0 Å². The number of hydrogen-bond donors (Lipinski definition) is 0. The maximum atomic E-state index is 6.05. The second-order valence-electron chi connectivity index (χ2n) is 8.21. The summed E-state index contributed by atoms with van der Waals surface area (Å²) in [6.45, 7) is 15.0. The standard InChI is InChI=1S/C30H36O5.H2O/c1-7-19-13-20-21(14-26(19)31-8-2)23-16-28(33-10-4)30(35-12-6)18-25(23)24-17-29(34-11-5)27(32-9-3)15-22(20)24;/h13-18H,7-12H2,1-6H3;1H2. The van der Waals surface area contributed by atoms with Gasteiger partial charge in [0.1, 0.15) is 5.75 Å². The first-order chi connectivity index (χ1) is 17.1. The lowest BCUT2D eigenvalue weighted by Gasteiger charge is -2.19. The van der Waals surface area contributed by atoms with Gasteiger partial charge in [0, 0.05) is 0 Å². The molecular weight excluding hydrogens is 456 g/mol. The van der Waals surface area contributed by atoms with Crippen molar-refractivity contribution in [1.82, 2.24) is 0 Å². The Morgan fingerprint density at radius 2 is 0.639 bits per heavy atom. The molecule has 0 bridgehead atoms. The Kier molecular flexibility index (Phi) is 9.10. The molecule has 0 aliphatic rings. The van der Waals surface area contributed by atoms with Gasteiger partial charge >= 0.3 is 0 Å². The van der Waals surface area contributed by atoms with Crippen LogP contribution in [0.1, 0.15) is 47.1 Å². The zero-order valence-electron chi connectivity index (χ0n) is 22.2. The van der Waals surface area contributed by atoms with Gasteiger partial charge in [0.05, 0.1) is 33.0 Å². The third-order valence-electron chi connectivity index (χ3n) is 6.12. The minimum Gasteiger partial charge on any atom is -0.494 e. The Bertz CT molecular complexity index is 1300. The molecule has 36 heavy (non-hydrogen) atoms. The number of fused-ring (bicyclic) bond motifs is 6.